The van der Waals surface area contributed by atoms with Crippen LogP contribution in [0.4, 0.5) is 0 Å². The van der Waals surface area contributed by atoms with Crippen molar-refractivity contribution in [3.63, 3.8) is 0 Å². The molecule has 0 spiro atoms. The van der Waals surface area contributed by atoms with Gasteiger partial charge in [0.2, 0.25) is 0 Å². The van der Waals surface area contributed by atoms with Crippen LogP contribution < -0.4 is 0 Å². The highest BCUT2D eigenvalue weighted by Gasteiger charge is 2.04. The Morgan fingerprint density at radius 3 is 2.57 bits per heavy atom. The van der Waals surface area contributed by atoms with Gasteiger partial charge in [-0.2, -0.15) is 0 Å². The van der Waals surface area contributed by atoms with Crippen molar-refractivity contribution in [3.05, 3.63) is 48.3 Å². The molecule has 0 amide bonds. The molecule has 0 N–H and O–H groups in total. The summed E-state index contributed by atoms with van der Waals surface area (Å²) in [4.78, 5) is 19.0. The van der Waals surface area contributed by atoms with Crippen LogP contribution in [0.25, 0.3) is 11.4 Å². The van der Waals surface area contributed by atoms with Gasteiger partial charge in [0.25, 0.3) is 0 Å². The van der Waals surface area contributed by atoms with Crippen molar-refractivity contribution < 1.29 is 4.79 Å². The number of aromatic nitrogens is 2. The van der Waals surface area contributed by atoms with Crippen LogP contribution in [0.3, 0.4) is 0 Å². The summed E-state index contributed by atoms with van der Waals surface area (Å²) in [7, 11) is 0. The number of hydrogen-bond donors (Lipinski definition) is 0. The normalized spacial score (nSPS) is 9.71. The van der Waals surface area contributed by atoms with Crippen molar-refractivity contribution >= 4 is 6.29 Å². The molecule has 0 aliphatic rings. The zero-order valence-electron chi connectivity index (χ0n) is 7.42. The SMILES string of the molecule is O=Cc1cccnc1-c1ccccn1. The molecule has 0 saturated carbocycles. The van der Waals surface area contributed by atoms with Crippen LogP contribution in [-0.2, 0) is 0 Å². The fourth-order valence-electron chi connectivity index (χ4n) is 1.23. The summed E-state index contributed by atoms with van der Waals surface area (Å²) in [5.74, 6) is 0. The summed E-state index contributed by atoms with van der Waals surface area (Å²) in [5, 5.41) is 0. The molecule has 3 heteroatoms. The molecule has 2 heterocycles. The Morgan fingerprint density at radius 1 is 1.00 bits per heavy atom. The molecular weight excluding hydrogens is 176 g/mol. The number of carbonyl (C=O) groups excluding carboxylic acids is 1. The van der Waals surface area contributed by atoms with E-state index in [4.69, 9.17) is 0 Å². The largest absolute Gasteiger partial charge is 0.298 e. The Labute approximate surface area is 81.5 Å². The van der Waals surface area contributed by atoms with Crippen LogP contribution in [0, 0.1) is 0 Å². The van der Waals surface area contributed by atoms with Crippen molar-refractivity contribution in [2.24, 2.45) is 0 Å². The standard InChI is InChI=1S/C11H8N2O/c14-8-9-4-3-7-13-11(9)10-5-1-2-6-12-10/h1-8H. The third-order valence-electron chi connectivity index (χ3n) is 1.87. The van der Waals surface area contributed by atoms with E-state index in [1.165, 1.54) is 0 Å². The van der Waals surface area contributed by atoms with Gasteiger partial charge in [-0.1, -0.05) is 6.07 Å². The molecule has 0 aliphatic heterocycles. The van der Waals surface area contributed by atoms with Crippen LogP contribution in [-0.4, -0.2) is 16.3 Å². The Bertz CT molecular complexity index is 440. The van der Waals surface area contributed by atoms with Crippen LogP contribution in [0.15, 0.2) is 42.7 Å². The fourth-order valence-corrected chi connectivity index (χ4v) is 1.23. The van der Waals surface area contributed by atoms with Gasteiger partial charge in [-0.25, -0.2) is 0 Å². The second-order valence-corrected chi connectivity index (χ2v) is 2.77. The van der Waals surface area contributed by atoms with E-state index in [-0.39, 0.29) is 0 Å². The van der Waals surface area contributed by atoms with E-state index in [1.54, 1.807) is 24.5 Å². The summed E-state index contributed by atoms with van der Waals surface area (Å²) < 4.78 is 0. The maximum absolute atomic E-state index is 10.7. The van der Waals surface area contributed by atoms with Crippen molar-refractivity contribution in [1.82, 2.24) is 9.97 Å². The smallest absolute Gasteiger partial charge is 0.152 e. The first-order valence-corrected chi connectivity index (χ1v) is 4.23. The topological polar surface area (TPSA) is 42.9 Å². The molecule has 2 aromatic heterocycles. The average molecular weight is 184 g/mol. The number of aldehydes is 1. The van der Waals surface area contributed by atoms with Gasteiger partial charge >= 0.3 is 0 Å². The van der Waals surface area contributed by atoms with Gasteiger partial charge in [0.1, 0.15) is 0 Å². The molecule has 0 radical (unpaired) electrons. The van der Waals surface area contributed by atoms with E-state index in [1.807, 2.05) is 18.2 Å². The number of pyridine rings is 2. The molecule has 0 atom stereocenters. The van der Waals surface area contributed by atoms with E-state index in [0.29, 0.717) is 11.3 Å². The summed E-state index contributed by atoms with van der Waals surface area (Å²) in [6, 6.07) is 8.98. The molecule has 0 fully saturated rings. The van der Waals surface area contributed by atoms with Crippen LogP contribution in [0.1, 0.15) is 10.4 Å². The summed E-state index contributed by atoms with van der Waals surface area (Å²) in [6.45, 7) is 0. The minimum Gasteiger partial charge on any atom is -0.298 e. The summed E-state index contributed by atoms with van der Waals surface area (Å²) in [6.07, 6.45) is 4.12. The molecule has 0 unspecified atom stereocenters. The highest BCUT2D eigenvalue weighted by atomic mass is 16.1. The molecule has 0 saturated heterocycles. The lowest BCUT2D eigenvalue weighted by atomic mass is 10.1. The second-order valence-electron chi connectivity index (χ2n) is 2.77. The lowest BCUT2D eigenvalue weighted by Gasteiger charge is -2.00. The van der Waals surface area contributed by atoms with Crippen molar-refractivity contribution in [2.75, 3.05) is 0 Å². The molecule has 0 aliphatic carbocycles. The zero-order chi connectivity index (χ0) is 9.80. The molecule has 2 rings (SSSR count). The first kappa shape index (κ1) is 8.56. The monoisotopic (exact) mass is 184 g/mol. The Morgan fingerprint density at radius 2 is 1.86 bits per heavy atom. The second kappa shape index (κ2) is 3.79. The summed E-state index contributed by atoms with van der Waals surface area (Å²) in [5.41, 5.74) is 1.91. The maximum Gasteiger partial charge on any atom is 0.152 e. The molecule has 14 heavy (non-hydrogen) atoms. The highest BCUT2D eigenvalue weighted by molar-refractivity contribution is 5.84. The first-order valence-electron chi connectivity index (χ1n) is 4.23. The van der Waals surface area contributed by atoms with Gasteiger partial charge in [0.05, 0.1) is 11.4 Å². The number of carbonyl (C=O) groups is 1. The average Bonchev–Trinajstić information content (AvgIpc) is 2.30. The van der Waals surface area contributed by atoms with Gasteiger partial charge < -0.3 is 0 Å². The number of hydrogen-bond acceptors (Lipinski definition) is 3. The minimum atomic E-state index is 0.561. The molecule has 68 valence electrons. The van der Waals surface area contributed by atoms with Crippen LogP contribution >= 0.6 is 0 Å². The van der Waals surface area contributed by atoms with Gasteiger partial charge in [0, 0.05) is 18.0 Å². The molecule has 0 bridgehead atoms. The fraction of sp³-hybridized carbons (Fsp3) is 0. The van der Waals surface area contributed by atoms with E-state index >= 15 is 0 Å². The third kappa shape index (κ3) is 1.52. The van der Waals surface area contributed by atoms with Crippen LogP contribution in [0.5, 0.6) is 0 Å². The number of nitrogens with zero attached hydrogens (tertiary/aromatic N) is 2. The first-order chi connectivity index (χ1) is 6.92. The molecule has 3 nitrogen and oxygen atoms in total. The lowest BCUT2D eigenvalue weighted by molar-refractivity contribution is 0.112. The van der Waals surface area contributed by atoms with Crippen LogP contribution in [0.2, 0.25) is 0 Å². The third-order valence-corrected chi connectivity index (χ3v) is 1.87. The van der Waals surface area contributed by atoms with Gasteiger partial charge in [-0.15, -0.1) is 0 Å². The quantitative estimate of drug-likeness (QED) is 0.670. The lowest BCUT2D eigenvalue weighted by Crippen LogP contribution is -1.92. The minimum absolute atomic E-state index is 0.561. The van der Waals surface area contributed by atoms with E-state index in [9.17, 15) is 4.79 Å². The Balaban J connectivity index is 2.57. The Hall–Kier alpha value is -2.03. The van der Waals surface area contributed by atoms with Gasteiger partial charge in [-0.3, -0.25) is 14.8 Å². The molecular formula is C11H8N2O. The zero-order valence-corrected chi connectivity index (χ0v) is 7.42. The van der Waals surface area contributed by atoms with Crippen molar-refractivity contribution in [2.45, 2.75) is 0 Å². The summed E-state index contributed by atoms with van der Waals surface area (Å²) >= 11 is 0. The van der Waals surface area contributed by atoms with Crippen molar-refractivity contribution in [1.29, 1.82) is 0 Å². The highest BCUT2D eigenvalue weighted by Crippen LogP contribution is 2.16. The van der Waals surface area contributed by atoms with Crippen molar-refractivity contribution in [3.8, 4) is 11.4 Å². The van der Waals surface area contributed by atoms with Gasteiger partial charge in [-0.05, 0) is 24.3 Å². The van der Waals surface area contributed by atoms with Gasteiger partial charge in [0.15, 0.2) is 6.29 Å². The van der Waals surface area contributed by atoms with E-state index < -0.39 is 0 Å². The predicted molar refractivity (Wildman–Crippen MR) is 52.9 cm³/mol. The Kier molecular flexibility index (Phi) is 2.32. The molecule has 2 aromatic rings. The maximum atomic E-state index is 10.7. The predicted octanol–water partition coefficient (Wildman–Crippen LogP) is 1.96. The van der Waals surface area contributed by atoms with E-state index in [0.717, 1.165) is 12.0 Å². The number of rotatable bonds is 2. The van der Waals surface area contributed by atoms with E-state index in [2.05, 4.69) is 9.97 Å². The molecule has 0 aromatic carbocycles.